The standard InChI is InChI=1S/C24H36N6O/c1-4-29(20(2)3)19-21-7-9-22(10-8-21)23(31)25-13-6-14-28-15-17-30(18-16-28)24-26-11-5-12-27-24/h5,7-12,20H,4,6,13-19H2,1-3H3,(H,25,31). The zero-order valence-electron chi connectivity index (χ0n) is 19.1. The third-order valence-corrected chi connectivity index (χ3v) is 5.88. The number of nitrogens with one attached hydrogen (secondary N) is 1. The van der Waals surface area contributed by atoms with Crippen molar-refractivity contribution in [3.8, 4) is 0 Å². The first-order valence-corrected chi connectivity index (χ1v) is 11.4. The highest BCUT2D eigenvalue weighted by Crippen LogP contribution is 2.11. The van der Waals surface area contributed by atoms with Crippen LogP contribution in [0.4, 0.5) is 5.95 Å². The summed E-state index contributed by atoms with van der Waals surface area (Å²) in [6, 6.07) is 10.4. The minimum Gasteiger partial charge on any atom is -0.352 e. The van der Waals surface area contributed by atoms with Gasteiger partial charge in [-0.05, 0) is 57.1 Å². The molecule has 1 aromatic heterocycles. The van der Waals surface area contributed by atoms with Gasteiger partial charge in [0.2, 0.25) is 5.95 Å². The average Bonchev–Trinajstić information content (AvgIpc) is 2.81. The number of benzene rings is 1. The molecule has 1 aliphatic heterocycles. The number of anilines is 1. The first-order chi connectivity index (χ1) is 15.1. The Kier molecular flexibility index (Phi) is 8.79. The van der Waals surface area contributed by atoms with Crippen molar-refractivity contribution >= 4 is 11.9 Å². The van der Waals surface area contributed by atoms with E-state index in [2.05, 4.69) is 62.9 Å². The topological polar surface area (TPSA) is 64.6 Å². The van der Waals surface area contributed by atoms with Gasteiger partial charge < -0.3 is 10.2 Å². The molecular weight excluding hydrogens is 388 g/mol. The molecule has 168 valence electrons. The third kappa shape index (κ3) is 7.01. The Morgan fingerprint density at radius 1 is 1.10 bits per heavy atom. The summed E-state index contributed by atoms with van der Waals surface area (Å²) in [6.45, 7) is 14.1. The van der Waals surface area contributed by atoms with E-state index in [-0.39, 0.29) is 5.91 Å². The second-order valence-corrected chi connectivity index (χ2v) is 8.34. The maximum Gasteiger partial charge on any atom is 0.251 e. The lowest BCUT2D eigenvalue weighted by Crippen LogP contribution is -2.47. The van der Waals surface area contributed by atoms with Crippen LogP contribution in [0, 0.1) is 0 Å². The molecular formula is C24H36N6O. The van der Waals surface area contributed by atoms with E-state index in [1.165, 1.54) is 5.56 Å². The Morgan fingerprint density at radius 2 is 1.77 bits per heavy atom. The number of piperazine rings is 1. The van der Waals surface area contributed by atoms with E-state index < -0.39 is 0 Å². The summed E-state index contributed by atoms with van der Waals surface area (Å²) in [6.07, 6.45) is 4.53. The number of amides is 1. The quantitative estimate of drug-likeness (QED) is 0.592. The Labute approximate surface area is 186 Å². The number of carbonyl (C=O) groups excluding carboxylic acids is 1. The van der Waals surface area contributed by atoms with E-state index in [0.717, 1.165) is 63.7 Å². The number of hydrogen-bond donors (Lipinski definition) is 1. The van der Waals surface area contributed by atoms with E-state index in [1.54, 1.807) is 12.4 Å². The predicted molar refractivity (Wildman–Crippen MR) is 125 cm³/mol. The first kappa shape index (κ1) is 23.2. The van der Waals surface area contributed by atoms with Crippen molar-refractivity contribution < 1.29 is 4.79 Å². The second kappa shape index (κ2) is 11.8. The van der Waals surface area contributed by atoms with E-state index in [4.69, 9.17) is 0 Å². The lowest BCUT2D eigenvalue weighted by Gasteiger charge is -2.34. The minimum absolute atomic E-state index is 0.00815. The molecule has 1 aliphatic rings. The Bertz CT molecular complexity index is 787. The number of rotatable bonds is 10. The van der Waals surface area contributed by atoms with Crippen molar-refractivity contribution in [1.29, 1.82) is 0 Å². The Hall–Kier alpha value is -2.51. The van der Waals surface area contributed by atoms with Crippen molar-refractivity contribution in [2.75, 3.05) is 50.7 Å². The van der Waals surface area contributed by atoms with Crippen LogP contribution in [-0.4, -0.2) is 77.5 Å². The van der Waals surface area contributed by atoms with Crippen molar-refractivity contribution in [2.45, 2.75) is 39.8 Å². The molecule has 7 heteroatoms. The molecule has 2 heterocycles. The molecule has 3 rings (SSSR count). The van der Waals surface area contributed by atoms with Crippen molar-refractivity contribution in [3.05, 3.63) is 53.9 Å². The van der Waals surface area contributed by atoms with Crippen molar-refractivity contribution in [3.63, 3.8) is 0 Å². The summed E-state index contributed by atoms with van der Waals surface area (Å²) in [5, 5.41) is 3.06. The molecule has 0 bridgehead atoms. The lowest BCUT2D eigenvalue weighted by molar-refractivity contribution is 0.0951. The summed E-state index contributed by atoms with van der Waals surface area (Å²) in [7, 11) is 0. The molecule has 0 saturated carbocycles. The predicted octanol–water partition coefficient (Wildman–Crippen LogP) is 2.65. The molecule has 1 aromatic carbocycles. The third-order valence-electron chi connectivity index (χ3n) is 5.88. The zero-order chi connectivity index (χ0) is 22.1. The average molecular weight is 425 g/mol. The van der Waals surface area contributed by atoms with Gasteiger partial charge in [0.1, 0.15) is 0 Å². The van der Waals surface area contributed by atoms with Crippen LogP contribution in [0.2, 0.25) is 0 Å². The molecule has 1 amide bonds. The number of carbonyl (C=O) groups is 1. The summed E-state index contributed by atoms with van der Waals surface area (Å²) in [5.74, 6) is 0.820. The Morgan fingerprint density at radius 3 is 2.39 bits per heavy atom. The molecule has 2 aromatic rings. The van der Waals surface area contributed by atoms with Gasteiger partial charge in [0.25, 0.3) is 5.91 Å². The van der Waals surface area contributed by atoms with Gasteiger partial charge in [-0.25, -0.2) is 9.97 Å². The fourth-order valence-electron chi connectivity index (χ4n) is 3.89. The summed E-state index contributed by atoms with van der Waals surface area (Å²) in [5.41, 5.74) is 1.97. The molecule has 7 nitrogen and oxygen atoms in total. The highest BCUT2D eigenvalue weighted by atomic mass is 16.1. The normalized spacial score (nSPS) is 14.9. The molecule has 1 fully saturated rings. The summed E-state index contributed by atoms with van der Waals surface area (Å²) < 4.78 is 0. The van der Waals surface area contributed by atoms with Gasteiger partial charge >= 0.3 is 0 Å². The molecule has 31 heavy (non-hydrogen) atoms. The van der Waals surface area contributed by atoms with Crippen molar-refractivity contribution in [1.82, 2.24) is 25.1 Å². The molecule has 1 saturated heterocycles. The van der Waals surface area contributed by atoms with Crippen LogP contribution >= 0.6 is 0 Å². The summed E-state index contributed by atoms with van der Waals surface area (Å²) in [4.78, 5) is 28.2. The van der Waals surface area contributed by atoms with Gasteiger partial charge in [-0.3, -0.25) is 14.6 Å². The van der Waals surface area contributed by atoms with Gasteiger partial charge in [-0.2, -0.15) is 0 Å². The van der Waals surface area contributed by atoms with Gasteiger partial charge in [0.15, 0.2) is 0 Å². The van der Waals surface area contributed by atoms with E-state index in [0.29, 0.717) is 12.6 Å². The van der Waals surface area contributed by atoms with Crippen LogP contribution in [0.5, 0.6) is 0 Å². The molecule has 0 aliphatic carbocycles. The molecule has 0 unspecified atom stereocenters. The highest BCUT2D eigenvalue weighted by molar-refractivity contribution is 5.94. The van der Waals surface area contributed by atoms with Crippen LogP contribution in [0.1, 0.15) is 43.1 Å². The van der Waals surface area contributed by atoms with E-state index in [9.17, 15) is 4.79 Å². The van der Waals surface area contributed by atoms with E-state index >= 15 is 0 Å². The van der Waals surface area contributed by atoms with Gasteiger partial charge in [0, 0.05) is 63.3 Å². The van der Waals surface area contributed by atoms with Crippen molar-refractivity contribution in [2.24, 2.45) is 0 Å². The highest BCUT2D eigenvalue weighted by Gasteiger charge is 2.18. The van der Waals surface area contributed by atoms with Gasteiger partial charge in [0.05, 0.1) is 0 Å². The van der Waals surface area contributed by atoms with Gasteiger partial charge in [-0.1, -0.05) is 19.1 Å². The van der Waals surface area contributed by atoms with Crippen LogP contribution in [-0.2, 0) is 6.54 Å². The smallest absolute Gasteiger partial charge is 0.251 e. The molecule has 0 spiro atoms. The number of nitrogens with zero attached hydrogens (tertiary/aromatic N) is 5. The molecule has 1 N–H and O–H groups in total. The summed E-state index contributed by atoms with van der Waals surface area (Å²) >= 11 is 0. The second-order valence-electron chi connectivity index (χ2n) is 8.34. The van der Waals surface area contributed by atoms with Crippen LogP contribution < -0.4 is 10.2 Å². The number of hydrogen-bond acceptors (Lipinski definition) is 6. The fraction of sp³-hybridized carbons (Fsp3) is 0.542. The van der Waals surface area contributed by atoms with Crippen LogP contribution in [0.25, 0.3) is 0 Å². The monoisotopic (exact) mass is 424 g/mol. The lowest BCUT2D eigenvalue weighted by atomic mass is 10.1. The zero-order valence-corrected chi connectivity index (χ0v) is 19.1. The molecule has 0 radical (unpaired) electrons. The Balaban J connectivity index is 1.34. The van der Waals surface area contributed by atoms with Gasteiger partial charge in [-0.15, -0.1) is 0 Å². The first-order valence-electron chi connectivity index (χ1n) is 11.4. The maximum atomic E-state index is 12.4. The van der Waals surface area contributed by atoms with E-state index in [1.807, 2.05) is 18.2 Å². The molecule has 0 atom stereocenters. The largest absolute Gasteiger partial charge is 0.352 e. The number of aromatic nitrogens is 2. The van der Waals surface area contributed by atoms with Crippen LogP contribution in [0.3, 0.4) is 0 Å². The van der Waals surface area contributed by atoms with Crippen LogP contribution in [0.15, 0.2) is 42.7 Å². The fourth-order valence-corrected chi connectivity index (χ4v) is 3.89. The minimum atomic E-state index is 0.00815. The maximum absolute atomic E-state index is 12.4. The SMILES string of the molecule is CCN(Cc1ccc(C(=O)NCCCN2CCN(c3ncccn3)CC2)cc1)C(C)C.